The first kappa shape index (κ1) is 19.7. The molecular formula is C15H30. The van der Waals surface area contributed by atoms with Crippen LogP contribution in [-0.2, 0) is 0 Å². The Morgan fingerprint density at radius 3 is 1.00 bits per heavy atom. The van der Waals surface area contributed by atoms with Gasteiger partial charge in [0.2, 0.25) is 0 Å². The Bertz CT molecular complexity index is 279. The average Bonchev–Trinajstić information content (AvgIpc) is 2.16. The van der Waals surface area contributed by atoms with Crippen LogP contribution in [0.2, 0.25) is 0 Å². The van der Waals surface area contributed by atoms with Crippen molar-refractivity contribution in [3.8, 4) is 0 Å². The molecule has 1 aliphatic rings. The van der Waals surface area contributed by atoms with Crippen LogP contribution < -0.4 is 0 Å². The van der Waals surface area contributed by atoms with E-state index in [1.165, 1.54) is 33.4 Å². The third-order valence-corrected chi connectivity index (χ3v) is 2.94. The molecule has 1 aliphatic carbocycles. The van der Waals surface area contributed by atoms with Gasteiger partial charge in [-0.1, -0.05) is 27.9 Å². The molecule has 0 aromatic carbocycles. The van der Waals surface area contributed by atoms with Gasteiger partial charge < -0.3 is 0 Å². The predicted molar refractivity (Wildman–Crippen MR) is 75.3 cm³/mol. The van der Waals surface area contributed by atoms with Crippen LogP contribution in [0, 0.1) is 0 Å². The van der Waals surface area contributed by atoms with E-state index in [1.54, 1.807) is 0 Å². The smallest absolute Gasteiger partial charge is 0.0206 e. The summed E-state index contributed by atoms with van der Waals surface area (Å²) in [5, 5.41) is 0. The minimum absolute atomic E-state index is 0. The quantitative estimate of drug-likeness (QED) is 0.465. The number of hydrogen-bond acceptors (Lipinski definition) is 0. The second kappa shape index (κ2) is 6.66. The Morgan fingerprint density at radius 1 is 0.600 bits per heavy atom. The summed E-state index contributed by atoms with van der Waals surface area (Å²) in [6.07, 6.45) is 0. The van der Waals surface area contributed by atoms with Crippen LogP contribution in [0.15, 0.2) is 33.4 Å². The van der Waals surface area contributed by atoms with Crippen molar-refractivity contribution in [2.24, 2.45) is 0 Å². The van der Waals surface area contributed by atoms with E-state index in [0.29, 0.717) is 0 Å². The molecule has 0 saturated carbocycles. The van der Waals surface area contributed by atoms with E-state index in [9.17, 15) is 0 Å². The van der Waals surface area contributed by atoms with Crippen molar-refractivity contribution >= 4 is 0 Å². The zero-order chi connectivity index (χ0) is 9.46. The normalized spacial score (nSPS) is 14.4. The maximum atomic E-state index is 2.22. The maximum Gasteiger partial charge on any atom is -0.0206 e. The molecule has 0 nitrogen and oxygen atoms in total. The predicted octanol–water partition coefficient (Wildman–Crippen LogP) is 5.92. The van der Waals surface area contributed by atoms with Crippen LogP contribution in [0.1, 0.15) is 63.8 Å². The molecular weight excluding hydrogens is 180 g/mol. The van der Waals surface area contributed by atoms with Crippen molar-refractivity contribution in [2.45, 2.75) is 63.8 Å². The molecule has 0 fully saturated rings. The summed E-state index contributed by atoms with van der Waals surface area (Å²) >= 11 is 0. The SMILES string of the molecule is C.C.C.CC(C)=C1C(C)=C(C)C(C)=C1C. The molecule has 0 unspecified atom stereocenters. The molecule has 0 radical (unpaired) electrons. The van der Waals surface area contributed by atoms with Crippen molar-refractivity contribution in [3.63, 3.8) is 0 Å². The summed E-state index contributed by atoms with van der Waals surface area (Å²) in [6.45, 7) is 13.2. The lowest BCUT2D eigenvalue weighted by molar-refractivity contribution is 1.24. The van der Waals surface area contributed by atoms with E-state index in [0.717, 1.165) is 0 Å². The summed E-state index contributed by atoms with van der Waals surface area (Å²) in [5.41, 5.74) is 8.76. The van der Waals surface area contributed by atoms with Crippen LogP contribution in [-0.4, -0.2) is 0 Å². The zero-order valence-electron chi connectivity index (χ0n) is 9.00. The van der Waals surface area contributed by atoms with Gasteiger partial charge >= 0.3 is 0 Å². The minimum Gasteiger partial charge on any atom is -0.0776 e. The molecule has 0 aromatic rings. The van der Waals surface area contributed by atoms with Gasteiger partial charge in [0.05, 0.1) is 0 Å². The number of allylic oxidation sites excluding steroid dienone is 6. The molecule has 0 heteroatoms. The van der Waals surface area contributed by atoms with Gasteiger partial charge in [0.25, 0.3) is 0 Å². The molecule has 0 saturated heterocycles. The second-order valence-electron chi connectivity index (χ2n) is 3.88. The van der Waals surface area contributed by atoms with Crippen LogP contribution in [0.3, 0.4) is 0 Å². The minimum atomic E-state index is 0. The highest BCUT2D eigenvalue weighted by atomic mass is 14.2. The molecule has 15 heavy (non-hydrogen) atoms. The van der Waals surface area contributed by atoms with Crippen molar-refractivity contribution in [1.82, 2.24) is 0 Å². The third-order valence-electron chi connectivity index (χ3n) is 2.94. The van der Waals surface area contributed by atoms with Gasteiger partial charge in [0, 0.05) is 0 Å². The zero-order valence-corrected chi connectivity index (χ0v) is 9.00. The van der Waals surface area contributed by atoms with Crippen LogP contribution in [0.25, 0.3) is 0 Å². The molecule has 0 amide bonds. The van der Waals surface area contributed by atoms with Gasteiger partial charge in [-0.3, -0.25) is 0 Å². The van der Waals surface area contributed by atoms with E-state index in [4.69, 9.17) is 0 Å². The van der Waals surface area contributed by atoms with Crippen molar-refractivity contribution in [1.29, 1.82) is 0 Å². The maximum absolute atomic E-state index is 2.22. The van der Waals surface area contributed by atoms with Crippen LogP contribution >= 0.6 is 0 Å². The number of hydrogen-bond donors (Lipinski definition) is 0. The van der Waals surface area contributed by atoms with Crippen molar-refractivity contribution in [2.75, 3.05) is 0 Å². The van der Waals surface area contributed by atoms with Gasteiger partial charge in [-0.25, -0.2) is 0 Å². The number of rotatable bonds is 0. The summed E-state index contributed by atoms with van der Waals surface area (Å²) in [6, 6.07) is 0. The highest BCUT2D eigenvalue weighted by Crippen LogP contribution is 2.37. The topological polar surface area (TPSA) is 0 Å². The van der Waals surface area contributed by atoms with E-state index in [1.807, 2.05) is 0 Å². The van der Waals surface area contributed by atoms with Crippen molar-refractivity contribution in [3.05, 3.63) is 33.4 Å². The van der Waals surface area contributed by atoms with Gasteiger partial charge in [0.1, 0.15) is 0 Å². The first-order chi connectivity index (χ1) is 5.46. The fourth-order valence-corrected chi connectivity index (χ4v) is 1.97. The van der Waals surface area contributed by atoms with Crippen molar-refractivity contribution < 1.29 is 0 Å². The Balaban J connectivity index is -0.000000480. The molecule has 0 spiro atoms. The van der Waals surface area contributed by atoms with E-state index in [2.05, 4.69) is 41.5 Å². The summed E-state index contributed by atoms with van der Waals surface area (Å²) in [5.74, 6) is 0. The lowest BCUT2D eigenvalue weighted by Crippen LogP contribution is -1.86. The van der Waals surface area contributed by atoms with Crippen LogP contribution in [0.5, 0.6) is 0 Å². The van der Waals surface area contributed by atoms with Gasteiger partial charge in [0.15, 0.2) is 0 Å². The Hall–Kier alpha value is -0.780. The van der Waals surface area contributed by atoms with E-state index >= 15 is 0 Å². The molecule has 90 valence electrons. The summed E-state index contributed by atoms with van der Waals surface area (Å²) in [7, 11) is 0. The highest BCUT2D eigenvalue weighted by Gasteiger charge is 2.18. The first-order valence-corrected chi connectivity index (χ1v) is 4.50. The fraction of sp³-hybridized carbons (Fsp3) is 0.600. The molecule has 0 N–H and O–H groups in total. The molecule has 0 aromatic heterocycles. The average molecular weight is 210 g/mol. The van der Waals surface area contributed by atoms with Gasteiger partial charge in [-0.15, -0.1) is 0 Å². The fourth-order valence-electron chi connectivity index (χ4n) is 1.97. The first-order valence-electron chi connectivity index (χ1n) is 4.50. The Labute approximate surface area is 97.8 Å². The monoisotopic (exact) mass is 210 g/mol. The lowest BCUT2D eigenvalue weighted by Gasteiger charge is -2.05. The highest BCUT2D eigenvalue weighted by molar-refractivity contribution is 5.62. The lowest BCUT2D eigenvalue weighted by atomic mass is 10.0. The van der Waals surface area contributed by atoms with E-state index in [-0.39, 0.29) is 22.3 Å². The molecule has 0 heterocycles. The third kappa shape index (κ3) is 3.09. The second-order valence-corrected chi connectivity index (χ2v) is 3.88. The summed E-state index contributed by atoms with van der Waals surface area (Å²) in [4.78, 5) is 0. The molecule has 0 atom stereocenters. The summed E-state index contributed by atoms with van der Waals surface area (Å²) < 4.78 is 0. The molecule has 0 bridgehead atoms. The van der Waals surface area contributed by atoms with Gasteiger partial charge in [-0.05, 0) is 69.4 Å². The van der Waals surface area contributed by atoms with Crippen LogP contribution in [0.4, 0.5) is 0 Å². The molecule has 1 rings (SSSR count). The standard InChI is InChI=1S/C12H18.3CH4/c1-7(2)12-10(5)8(3)9(4)11(12)6;;;/h1-6H3;3*1H4. The van der Waals surface area contributed by atoms with Gasteiger partial charge in [-0.2, -0.15) is 0 Å². The molecule has 0 aliphatic heterocycles. The Kier molecular flexibility index (Phi) is 8.76. The Morgan fingerprint density at radius 2 is 0.867 bits per heavy atom. The largest absolute Gasteiger partial charge is 0.0776 e. The van der Waals surface area contributed by atoms with E-state index < -0.39 is 0 Å².